The average molecular weight is 384 g/mol. The molecular weight excluding hydrogens is 356 g/mol. The summed E-state index contributed by atoms with van der Waals surface area (Å²) in [4.78, 5) is 23.9. The number of benzene rings is 2. The lowest BCUT2D eigenvalue weighted by Crippen LogP contribution is -2.27. The number of carbonyl (C=O) groups is 2. The van der Waals surface area contributed by atoms with Crippen molar-refractivity contribution in [2.24, 2.45) is 0 Å². The maximum Gasteiger partial charge on any atom is 0.338 e. The molecule has 0 aliphatic heterocycles. The minimum Gasteiger partial charge on any atom is -0.478 e. The lowest BCUT2D eigenvalue weighted by atomic mass is 10.2. The van der Waals surface area contributed by atoms with Crippen LogP contribution in [-0.2, 0) is 9.53 Å². The van der Waals surface area contributed by atoms with Gasteiger partial charge in [-0.25, -0.2) is 9.59 Å². The summed E-state index contributed by atoms with van der Waals surface area (Å²) in [6, 6.07) is 16.0. The molecule has 2 rings (SSSR count). The van der Waals surface area contributed by atoms with Gasteiger partial charge in [0.25, 0.3) is 0 Å². The molecule has 0 aliphatic rings. The number of hydrogen-bond donors (Lipinski definition) is 2. The molecule has 0 spiro atoms. The molecule has 0 saturated heterocycles. The minimum atomic E-state index is -0.922. The Bertz CT molecular complexity index is 739. The van der Waals surface area contributed by atoms with Crippen LogP contribution in [0.25, 0.3) is 6.08 Å². The highest BCUT2D eigenvalue weighted by Gasteiger charge is 2.07. The summed E-state index contributed by atoms with van der Waals surface area (Å²) in [6.45, 7) is 7.31. The number of aliphatic carboxylic acids is 1. The first-order valence-electron chi connectivity index (χ1n) is 9.17. The Kier molecular flexibility index (Phi) is 10.7. The molecule has 0 radical (unpaired) electrons. The zero-order chi connectivity index (χ0) is 20.8. The molecule has 0 heterocycles. The van der Waals surface area contributed by atoms with E-state index in [1.54, 1.807) is 30.3 Å². The van der Waals surface area contributed by atoms with Gasteiger partial charge in [-0.2, -0.15) is 0 Å². The predicted octanol–water partition coefficient (Wildman–Crippen LogP) is 3.55. The van der Waals surface area contributed by atoms with Crippen LogP contribution < -0.4 is 5.73 Å². The fourth-order valence-corrected chi connectivity index (χ4v) is 2.24. The number of carboxylic acids is 1. The van der Waals surface area contributed by atoms with Crippen molar-refractivity contribution >= 4 is 23.7 Å². The summed E-state index contributed by atoms with van der Waals surface area (Å²) < 4.78 is 5.18. The van der Waals surface area contributed by atoms with E-state index in [2.05, 4.69) is 18.7 Å². The van der Waals surface area contributed by atoms with Gasteiger partial charge in [0.05, 0.1) is 5.56 Å². The fraction of sp³-hybridized carbons (Fsp3) is 0.273. The van der Waals surface area contributed by atoms with Crippen molar-refractivity contribution in [3.05, 3.63) is 71.8 Å². The molecular formula is C22H28N2O4. The molecule has 0 unspecified atom stereocenters. The van der Waals surface area contributed by atoms with Gasteiger partial charge in [-0.15, -0.1) is 0 Å². The second kappa shape index (κ2) is 13.1. The number of ether oxygens (including phenoxy) is 1. The quantitative estimate of drug-likeness (QED) is 0.411. The maximum atomic E-state index is 11.6. The van der Waals surface area contributed by atoms with Crippen molar-refractivity contribution in [3.63, 3.8) is 0 Å². The lowest BCUT2D eigenvalue weighted by molar-refractivity contribution is -0.131. The summed E-state index contributed by atoms with van der Waals surface area (Å²) in [5, 5.41) is 8.29. The molecule has 0 saturated carbocycles. The predicted molar refractivity (Wildman–Crippen MR) is 112 cm³/mol. The third-order valence-electron chi connectivity index (χ3n) is 3.90. The second-order valence-electron chi connectivity index (χ2n) is 5.87. The topological polar surface area (TPSA) is 92.9 Å². The molecule has 0 aromatic heterocycles. The van der Waals surface area contributed by atoms with Crippen LogP contribution in [0.15, 0.2) is 60.7 Å². The van der Waals surface area contributed by atoms with E-state index in [0.717, 1.165) is 31.3 Å². The fourth-order valence-electron chi connectivity index (χ4n) is 2.24. The molecule has 0 amide bonds. The van der Waals surface area contributed by atoms with Gasteiger partial charge in [0.2, 0.25) is 0 Å². The van der Waals surface area contributed by atoms with Crippen molar-refractivity contribution in [2.45, 2.75) is 13.8 Å². The van der Waals surface area contributed by atoms with Crippen LogP contribution in [0.5, 0.6) is 0 Å². The van der Waals surface area contributed by atoms with Crippen molar-refractivity contribution < 1.29 is 19.4 Å². The largest absolute Gasteiger partial charge is 0.478 e. The van der Waals surface area contributed by atoms with Gasteiger partial charge in [-0.3, -0.25) is 0 Å². The number of nitrogen functional groups attached to an aromatic ring is 1. The van der Waals surface area contributed by atoms with Crippen LogP contribution in [0.4, 0.5) is 5.69 Å². The summed E-state index contributed by atoms with van der Waals surface area (Å²) in [6.07, 6.45) is 2.68. The Morgan fingerprint density at radius 3 is 2.18 bits per heavy atom. The van der Waals surface area contributed by atoms with E-state index in [0.29, 0.717) is 17.9 Å². The Labute approximate surface area is 166 Å². The van der Waals surface area contributed by atoms with E-state index >= 15 is 0 Å². The van der Waals surface area contributed by atoms with Crippen LogP contribution >= 0.6 is 0 Å². The zero-order valence-corrected chi connectivity index (χ0v) is 16.4. The lowest BCUT2D eigenvalue weighted by Gasteiger charge is -2.17. The van der Waals surface area contributed by atoms with Gasteiger partial charge in [0.15, 0.2) is 0 Å². The number of nitrogens with zero attached hydrogens (tertiary/aromatic N) is 1. The highest BCUT2D eigenvalue weighted by molar-refractivity contribution is 5.89. The van der Waals surface area contributed by atoms with Crippen molar-refractivity contribution in [1.29, 1.82) is 0 Å². The smallest absolute Gasteiger partial charge is 0.338 e. The molecule has 6 heteroatoms. The van der Waals surface area contributed by atoms with E-state index in [-0.39, 0.29) is 5.97 Å². The highest BCUT2D eigenvalue weighted by Crippen LogP contribution is 2.06. The molecule has 150 valence electrons. The van der Waals surface area contributed by atoms with Gasteiger partial charge in [0, 0.05) is 18.3 Å². The molecule has 0 bridgehead atoms. The van der Waals surface area contributed by atoms with E-state index < -0.39 is 5.97 Å². The van der Waals surface area contributed by atoms with Gasteiger partial charge in [0.1, 0.15) is 6.61 Å². The van der Waals surface area contributed by atoms with E-state index in [9.17, 15) is 9.59 Å². The molecule has 0 fully saturated rings. The standard InChI is InChI=1S/C13H20N2O2.C9H8O2/c1-3-15(4-2)9-10-17-13(16)11-5-7-12(14)8-6-11;10-9(11)7-6-8-4-2-1-3-5-8/h5-8H,3-4,9-10,14H2,1-2H3;1-7H,(H,10,11)/b;7-6+. The number of esters is 1. The van der Waals surface area contributed by atoms with E-state index in [1.807, 2.05) is 30.3 Å². The molecule has 2 aromatic carbocycles. The maximum absolute atomic E-state index is 11.6. The highest BCUT2D eigenvalue weighted by atomic mass is 16.5. The van der Waals surface area contributed by atoms with Crippen LogP contribution in [0.3, 0.4) is 0 Å². The first kappa shape index (κ1) is 22.9. The van der Waals surface area contributed by atoms with E-state index in [4.69, 9.17) is 15.6 Å². The number of carboxylic acid groups (broad SMARTS) is 1. The normalized spacial score (nSPS) is 10.4. The summed E-state index contributed by atoms with van der Waals surface area (Å²) in [7, 11) is 0. The van der Waals surface area contributed by atoms with Crippen LogP contribution in [0.1, 0.15) is 29.8 Å². The summed E-state index contributed by atoms with van der Waals surface area (Å²) in [5.74, 6) is -1.22. The van der Waals surface area contributed by atoms with Crippen LogP contribution in [-0.4, -0.2) is 48.2 Å². The van der Waals surface area contributed by atoms with Crippen LogP contribution in [0, 0.1) is 0 Å². The Hall–Kier alpha value is -3.12. The third kappa shape index (κ3) is 9.54. The molecule has 0 aliphatic carbocycles. The Morgan fingerprint density at radius 1 is 1.04 bits per heavy atom. The Balaban J connectivity index is 0.000000307. The van der Waals surface area contributed by atoms with E-state index in [1.165, 1.54) is 0 Å². The first-order chi connectivity index (χ1) is 13.5. The van der Waals surface area contributed by atoms with Crippen molar-refractivity contribution in [1.82, 2.24) is 4.90 Å². The zero-order valence-electron chi connectivity index (χ0n) is 16.4. The molecule has 3 N–H and O–H groups in total. The number of anilines is 1. The van der Waals surface area contributed by atoms with Gasteiger partial charge in [-0.1, -0.05) is 44.2 Å². The minimum absolute atomic E-state index is 0.294. The average Bonchev–Trinajstić information content (AvgIpc) is 2.71. The summed E-state index contributed by atoms with van der Waals surface area (Å²) in [5.41, 5.74) is 7.63. The number of rotatable bonds is 8. The van der Waals surface area contributed by atoms with Crippen LogP contribution in [0.2, 0.25) is 0 Å². The molecule has 0 atom stereocenters. The third-order valence-corrected chi connectivity index (χ3v) is 3.90. The van der Waals surface area contributed by atoms with Crippen molar-refractivity contribution in [3.8, 4) is 0 Å². The number of hydrogen-bond acceptors (Lipinski definition) is 5. The SMILES string of the molecule is CCN(CC)CCOC(=O)c1ccc(N)cc1.O=C(O)/C=C/c1ccccc1. The van der Waals surface area contributed by atoms with Crippen molar-refractivity contribution in [2.75, 3.05) is 32.0 Å². The first-order valence-corrected chi connectivity index (χ1v) is 9.17. The number of likely N-dealkylation sites (N-methyl/N-ethyl adjacent to an activating group) is 1. The Morgan fingerprint density at radius 2 is 1.64 bits per heavy atom. The van der Waals surface area contributed by atoms with Gasteiger partial charge >= 0.3 is 11.9 Å². The number of nitrogens with two attached hydrogens (primary N) is 1. The second-order valence-corrected chi connectivity index (χ2v) is 5.87. The molecule has 6 nitrogen and oxygen atoms in total. The molecule has 28 heavy (non-hydrogen) atoms. The molecule has 2 aromatic rings. The monoisotopic (exact) mass is 384 g/mol. The summed E-state index contributed by atoms with van der Waals surface area (Å²) >= 11 is 0. The van der Waals surface area contributed by atoms with Gasteiger partial charge < -0.3 is 20.5 Å². The number of carbonyl (C=O) groups excluding carboxylic acids is 1. The van der Waals surface area contributed by atoms with Gasteiger partial charge in [-0.05, 0) is 49.0 Å².